The standard InChI is InChI=1S/C12H17NO3/c1-12(2,13(15)16)11(8-9-14)10-6-4-3-5-7-10/h3-7,11,14H,8-9H2,1-2H3. The van der Waals surface area contributed by atoms with Gasteiger partial charge in [-0.25, -0.2) is 0 Å². The Balaban J connectivity index is 3.05. The van der Waals surface area contributed by atoms with Gasteiger partial charge < -0.3 is 5.11 Å². The predicted molar refractivity (Wildman–Crippen MR) is 62.0 cm³/mol. The molecular formula is C12H17NO3. The van der Waals surface area contributed by atoms with E-state index in [1.165, 1.54) is 0 Å². The first-order valence-electron chi connectivity index (χ1n) is 5.30. The quantitative estimate of drug-likeness (QED) is 0.614. The van der Waals surface area contributed by atoms with Gasteiger partial charge in [-0.15, -0.1) is 0 Å². The van der Waals surface area contributed by atoms with Crippen LogP contribution in [0.25, 0.3) is 0 Å². The van der Waals surface area contributed by atoms with Gasteiger partial charge in [-0.3, -0.25) is 10.1 Å². The first-order valence-corrected chi connectivity index (χ1v) is 5.30. The zero-order valence-electron chi connectivity index (χ0n) is 9.59. The summed E-state index contributed by atoms with van der Waals surface area (Å²) in [5.74, 6) is -0.270. The van der Waals surface area contributed by atoms with E-state index < -0.39 is 5.54 Å². The second-order valence-electron chi connectivity index (χ2n) is 4.39. The smallest absolute Gasteiger partial charge is 0.223 e. The Bertz CT molecular complexity index is 349. The number of hydrogen-bond donors (Lipinski definition) is 1. The van der Waals surface area contributed by atoms with E-state index in [1.54, 1.807) is 13.8 Å². The molecule has 0 saturated carbocycles. The second kappa shape index (κ2) is 5.07. The van der Waals surface area contributed by atoms with Gasteiger partial charge in [0.25, 0.3) is 0 Å². The third-order valence-electron chi connectivity index (χ3n) is 2.94. The van der Waals surface area contributed by atoms with Crippen LogP contribution in [0, 0.1) is 10.1 Å². The molecule has 4 nitrogen and oxygen atoms in total. The van der Waals surface area contributed by atoms with E-state index >= 15 is 0 Å². The van der Waals surface area contributed by atoms with E-state index in [1.807, 2.05) is 30.3 Å². The van der Waals surface area contributed by atoms with Crippen LogP contribution in [0.3, 0.4) is 0 Å². The Morgan fingerprint density at radius 1 is 1.38 bits per heavy atom. The molecule has 0 fully saturated rings. The normalized spacial score (nSPS) is 13.4. The van der Waals surface area contributed by atoms with Crippen LogP contribution in [-0.4, -0.2) is 22.2 Å². The highest BCUT2D eigenvalue weighted by Gasteiger charge is 2.41. The number of benzene rings is 1. The van der Waals surface area contributed by atoms with Crippen LogP contribution in [0.15, 0.2) is 30.3 Å². The lowest BCUT2D eigenvalue weighted by Crippen LogP contribution is -2.38. The van der Waals surface area contributed by atoms with Gasteiger partial charge in [0.2, 0.25) is 5.54 Å². The summed E-state index contributed by atoms with van der Waals surface area (Å²) < 4.78 is 0. The molecule has 0 aliphatic carbocycles. The van der Waals surface area contributed by atoms with Crippen molar-refractivity contribution in [2.45, 2.75) is 31.7 Å². The van der Waals surface area contributed by atoms with Crippen molar-refractivity contribution < 1.29 is 10.0 Å². The van der Waals surface area contributed by atoms with Crippen molar-refractivity contribution in [3.05, 3.63) is 46.0 Å². The average molecular weight is 223 g/mol. The van der Waals surface area contributed by atoms with Crippen molar-refractivity contribution in [2.24, 2.45) is 0 Å². The van der Waals surface area contributed by atoms with Crippen molar-refractivity contribution in [3.63, 3.8) is 0 Å². The van der Waals surface area contributed by atoms with Crippen molar-refractivity contribution in [1.29, 1.82) is 0 Å². The van der Waals surface area contributed by atoms with Gasteiger partial charge in [-0.05, 0) is 12.0 Å². The molecule has 4 heteroatoms. The molecular weight excluding hydrogens is 206 g/mol. The topological polar surface area (TPSA) is 63.4 Å². The highest BCUT2D eigenvalue weighted by atomic mass is 16.6. The monoisotopic (exact) mass is 223 g/mol. The van der Waals surface area contributed by atoms with Crippen LogP contribution in [0.5, 0.6) is 0 Å². The molecule has 0 aliphatic rings. The largest absolute Gasteiger partial charge is 0.396 e. The molecule has 0 heterocycles. The molecule has 0 radical (unpaired) electrons. The first kappa shape index (κ1) is 12.6. The molecule has 16 heavy (non-hydrogen) atoms. The molecule has 0 saturated heterocycles. The van der Waals surface area contributed by atoms with E-state index in [0.29, 0.717) is 6.42 Å². The molecule has 0 aliphatic heterocycles. The number of aliphatic hydroxyl groups excluding tert-OH is 1. The van der Waals surface area contributed by atoms with Crippen LogP contribution >= 0.6 is 0 Å². The van der Waals surface area contributed by atoms with Crippen LogP contribution < -0.4 is 0 Å². The van der Waals surface area contributed by atoms with Crippen molar-refractivity contribution in [3.8, 4) is 0 Å². The summed E-state index contributed by atoms with van der Waals surface area (Å²) >= 11 is 0. The van der Waals surface area contributed by atoms with Crippen LogP contribution in [0.4, 0.5) is 0 Å². The van der Waals surface area contributed by atoms with E-state index in [-0.39, 0.29) is 17.4 Å². The minimum Gasteiger partial charge on any atom is -0.396 e. The maximum absolute atomic E-state index is 11.0. The molecule has 0 spiro atoms. The number of nitro groups is 1. The lowest BCUT2D eigenvalue weighted by atomic mass is 9.80. The molecule has 1 unspecified atom stereocenters. The Morgan fingerprint density at radius 2 is 1.94 bits per heavy atom. The second-order valence-corrected chi connectivity index (χ2v) is 4.39. The lowest BCUT2D eigenvalue weighted by Gasteiger charge is -2.26. The molecule has 1 aromatic carbocycles. The highest BCUT2D eigenvalue weighted by Crippen LogP contribution is 2.33. The minimum atomic E-state index is -1.07. The van der Waals surface area contributed by atoms with Crippen LogP contribution in [0.2, 0.25) is 0 Å². The fourth-order valence-electron chi connectivity index (χ4n) is 1.87. The molecule has 0 amide bonds. The summed E-state index contributed by atoms with van der Waals surface area (Å²) in [4.78, 5) is 10.8. The fourth-order valence-corrected chi connectivity index (χ4v) is 1.87. The number of hydrogen-bond acceptors (Lipinski definition) is 3. The summed E-state index contributed by atoms with van der Waals surface area (Å²) in [5, 5.41) is 20.1. The summed E-state index contributed by atoms with van der Waals surface area (Å²) in [6.45, 7) is 3.15. The Morgan fingerprint density at radius 3 is 2.38 bits per heavy atom. The van der Waals surface area contributed by atoms with Gasteiger partial charge in [-0.1, -0.05) is 30.3 Å². The minimum absolute atomic E-state index is 0.0448. The fraction of sp³-hybridized carbons (Fsp3) is 0.500. The Hall–Kier alpha value is -1.42. The maximum atomic E-state index is 11.0. The van der Waals surface area contributed by atoms with Gasteiger partial charge >= 0.3 is 0 Å². The number of rotatable bonds is 5. The highest BCUT2D eigenvalue weighted by molar-refractivity contribution is 5.22. The zero-order valence-corrected chi connectivity index (χ0v) is 9.59. The van der Waals surface area contributed by atoms with Gasteiger partial charge in [0.15, 0.2) is 0 Å². The number of nitrogens with zero attached hydrogens (tertiary/aromatic N) is 1. The van der Waals surface area contributed by atoms with Crippen LogP contribution in [-0.2, 0) is 0 Å². The van der Waals surface area contributed by atoms with E-state index in [4.69, 9.17) is 5.11 Å². The van der Waals surface area contributed by atoms with Gasteiger partial charge in [0.1, 0.15) is 0 Å². The molecule has 88 valence electrons. The molecule has 0 bridgehead atoms. The van der Waals surface area contributed by atoms with Crippen LogP contribution in [0.1, 0.15) is 31.7 Å². The first-order chi connectivity index (χ1) is 7.50. The van der Waals surface area contributed by atoms with E-state index in [2.05, 4.69) is 0 Å². The number of aliphatic hydroxyl groups is 1. The summed E-state index contributed by atoms with van der Waals surface area (Å²) in [6, 6.07) is 9.32. The maximum Gasteiger partial charge on any atom is 0.223 e. The van der Waals surface area contributed by atoms with Crippen molar-refractivity contribution >= 4 is 0 Å². The Kier molecular flexibility index (Phi) is 4.01. The molecule has 1 rings (SSSR count). The third kappa shape index (κ3) is 2.58. The Labute approximate surface area is 95.1 Å². The van der Waals surface area contributed by atoms with Gasteiger partial charge in [0.05, 0.1) is 5.92 Å². The SMILES string of the molecule is CC(C)(C(CCO)c1ccccc1)[N+](=O)[O-]. The summed E-state index contributed by atoms with van der Waals surface area (Å²) in [6.07, 6.45) is 0.401. The zero-order chi connectivity index (χ0) is 12.2. The molecule has 0 aromatic heterocycles. The lowest BCUT2D eigenvalue weighted by molar-refractivity contribution is -0.565. The molecule has 1 aromatic rings. The third-order valence-corrected chi connectivity index (χ3v) is 2.94. The molecule has 1 atom stereocenters. The summed E-state index contributed by atoms with van der Waals surface area (Å²) in [7, 11) is 0. The predicted octanol–water partition coefficient (Wildman–Crippen LogP) is 2.21. The average Bonchev–Trinajstić information content (AvgIpc) is 2.26. The van der Waals surface area contributed by atoms with Crippen molar-refractivity contribution in [1.82, 2.24) is 0 Å². The van der Waals surface area contributed by atoms with Gasteiger partial charge in [-0.2, -0.15) is 0 Å². The summed E-state index contributed by atoms with van der Waals surface area (Å²) in [5.41, 5.74) is -0.164. The van der Waals surface area contributed by atoms with E-state index in [0.717, 1.165) is 5.56 Å². The molecule has 1 N–H and O–H groups in total. The van der Waals surface area contributed by atoms with Crippen molar-refractivity contribution in [2.75, 3.05) is 6.61 Å². The van der Waals surface area contributed by atoms with Gasteiger partial charge in [0, 0.05) is 25.4 Å². The van der Waals surface area contributed by atoms with E-state index in [9.17, 15) is 10.1 Å².